The molecule has 0 radical (unpaired) electrons. The summed E-state index contributed by atoms with van der Waals surface area (Å²) in [7, 11) is -4.12. The van der Waals surface area contributed by atoms with Crippen LogP contribution in [0.4, 0.5) is 10.1 Å². The number of aryl methyl sites for hydroxylation is 1. The highest BCUT2D eigenvalue weighted by atomic mass is 32.2. The second-order valence-electron chi connectivity index (χ2n) is 7.21. The number of carbonyl (C=O) groups is 1. The lowest BCUT2D eigenvalue weighted by atomic mass is 10.1. The van der Waals surface area contributed by atoms with Crippen molar-refractivity contribution in [2.45, 2.75) is 17.9 Å². The minimum atomic E-state index is -4.12. The second kappa shape index (κ2) is 9.21. The normalized spacial score (nSPS) is 12.2. The number of nitrogens with one attached hydrogen (secondary N) is 3. The highest BCUT2D eigenvalue weighted by Gasteiger charge is 2.23. The number of hydrogen-bond acceptors (Lipinski definition) is 5. The summed E-state index contributed by atoms with van der Waals surface area (Å²) in [6.07, 6.45) is 0. The van der Waals surface area contributed by atoms with E-state index < -0.39 is 27.8 Å². The van der Waals surface area contributed by atoms with E-state index in [9.17, 15) is 17.6 Å². The standard InChI is InChI=1S/C23H20FN5O3S/c1-15-25-22(28-27-15)21(16-8-3-2-4-9-16)26-23(30)17-10-7-11-18(14-17)33(31,32)29-20-13-6-5-12-19(20)24/h2-14,21,29H,1H3,(H,26,30)(H,25,27,28). The number of sulfonamides is 1. The monoisotopic (exact) mass is 465 g/mol. The van der Waals surface area contributed by atoms with Gasteiger partial charge in [-0.3, -0.25) is 14.6 Å². The molecule has 0 bridgehead atoms. The summed E-state index contributed by atoms with van der Waals surface area (Å²) in [5.74, 6) is -0.263. The summed E-state index contributed by atoms with van der Waals surface area (Å²) in [5, 5.41) is 9.77. The fourth-order valence-corrected chi connectivity index (χ4v) is 4.31. The molecule has 10 heteroatoms. The summed E-state index contributed by atoms with van der Waals surface area (Å²) in [6, 6.07) is 19.4. The number of aromatic amines is 1. The maximum Gasteiger partial charge on any atom is 0.262 e. The number of H-pyrrole nitrogens is 1. The quantitative estimate of drug-likeness (QED) is 0.386. The van der Waals surface area contributed by atoms with Crippen molar-refractivity contribution in [1.82, 2.24) is 20.5 Å². The van der Waals surface area contributed by atoms with E-state index in [0.717, 1.165) is 11.6 Å². The predicted molar refractivity (Wildman–Crippen MR) is 121 cm³/mol. The van der Waals surface area contributed by atoms with Crippen LogP contribution in [0, 0.1) is 12.7 Å². The Hall–Kier alpha value is -4.05. The molecule has 33 heavy (non-hydrogen) atoms. The Balaban J connectivity index is 1.61. The molecule has 1 aromatic heterocycles. The molecule has 3 aromatic carbocycles. The van der Waals surface area contributed by atoms with Gasteiger partial charge in [0.2, 0.25) is 0 Å². The minimum absolute atomic E-state index is 0.111. The van der Waals surface area contributed by atoms with Gasteiger partial charge in [0, 0.05) is 5.56 Å². The molecule has 0 fully saturated rings. The zero-order chi connectivity index (χ0) is 23.4. The zero-order valence-corrected chi connectivity index (χ0v) is 18.3. The van der Waals surface area contributed by atoms with Crippen molar-refractivity contribution >= 4 is 21.6 Å². The van der Waals surface area contributed by atoms with Gasteiger partial charge < -0.3 is 5.32 Å². The van der Waals surface area contributed by atoms with E-state index in [1.807, 2.05) is 30.3 Å². The van der Waals surface area contributed by atoms with E-state index in [2.05, 4.69) is 25.2 Å². The molecule has 0 saturated heterocycles. The maximum absolute atomic E-state index is 13.9. The molecule has 4 aromatic rings. The first-order chi connectivity index (χ1) is 15.8. The van der Waals surface area contributed by atoms with Crippen molar-refractivity contribution in [1.29, 1.82) is 0 Å². The largest absolute Gasteiger partial charge is 0.338 e. The van der Waals surface area contributed by atoms with E-state index in [4.69, 9.17) is 0 Å². The number of rotatable bonds is 7. The van der Waals surface area contributed by atoms with Crippen molar-refractivity contribution in [2.24, 2.45) is 0 Å². The molecule has 1 amide bonds. The number of nitrogens with zero attached hydrogens (tertiary/aromatic N) is 2. The van der Waals surface area contributed by atoms with E-state index in [0.29, 0.717) is 11.6 Å². The van der Waals surface area contributed by atoms with Crippen LogP contribution in [0.15, 0.2) is 83.8 Å². The number of aromatic nitrogens is 3. The van der Waals surface area contributed by atoms with Gasteiger partial charge in [-0.1, -0.05) is 48.5 Å². The molecule has 1 atom stereocenters. The van der Waals surface area contributed by atoms with Crippen LogP contribution in [0.5, 0.6) is 0 Å². The first-order valence-corrected chi connectivity index (χ1v) is 11.4. The average molecular weight is 466 g/mol. The van der Waals surface area contributed by atoms with Crippen molar-refractivity contribution in [3.05, 3.63) is 107 Å². The fourth-order valence-electron chi connectivity index (χ4n) is 3.20. The molecule has 0 aliphatic rings. The molecule has 8 nitrogen and oxygen atoms in total. The Kier molecular flexibility index (Phi) is 6.18. The first-order valence-electron chi connectivity index (χ1n) is 9.95. The number of hydrogen-bond donors (Lipinski definition) is 3. The van der Waals surface area contributed by atoms with Crippen LogP contribution in [-0.4, -0.2) is 29.5 Å². The van der Waals surface area contributed by atoms with Gasteiger partial charge in [-0.25, -0.2) is 17.8 Å². The third-order valence-corrected chi connectivity index (χ3v) is 6.17. The van der Waals surface area contributed by atoms with Gasteiger partial charge in [0.25, 0.3) is 15.9 Å². The number of anilines is 1. The summed E-state index contributed by atoms with van der Waals surface area (Å²) < 4.78 is 41.6. The summed E-state index contributed by atoms with van der Waals surface area (Å²) in [6.45, 7) is 1.75. The SMILES string of the molecule is Cc1nc(C(NC(=O)c2cccc(S(=O)(=O)Nc3ccccc3F)c2)c2ccccc2)n[nH]1. The van der Waals surface area contributed by atoms with Gasteiger partial charge in [-0.15, -0.1) is 0 Å². The molecule has 1 heterocycles. The molecule has 0 aliphatic heterocycles. The summed E-state index contributed by atoms with van der Waals surface area (Å²) in [5.41, 5.74) is 0.686. The first kappa shape index (κ1) is 22.2. The number of carbonyl (C=O) groups excluding carboxylic acids is 1. The van der Waals surface area contributed by atoms with Crippen LogP contribution in [0.3, 0.4) is 0 Å². The van der Waals surface area contributed by atoms with Gasteiger partial charge >= 0.3 is 0 Å². The summed E-state index contributed by atoms with van der Waals surface area (Å²) in [4.78, 5) is 17.2. The molecule has 1 unspecified atom stereocenters. The van der Waals surface area contributed by atoms with Crippen LogP contribution in [0.25, 0.3) is 0 Å². The van der Waals surface area contributed by atoms with Crippen LogP contribution in [-0.2, 0) is 10.0 Å². The Morgan fingerprint density at radius 2 is 1.73 bits per heavy atom. The Morgan fingerprint density at radius 1 is 1.00 bits per heavy atom. The molecular weight excluding hydrogens is 445 g/mol. The van der Waals surface area contributed by atoms with Crippen molar-refractivity contribution < 1.29 is 17.6 Å². The molecular formula is C23H20FN5O3S. The number of para-hydroxylation sites is 1. The van der Waals surface area contributed by atoms with E-state index >= 15 is 0 Å². The average Bonchev–Trinajstić information content (AvgIpc) is 3.25. The highest BCUT2D eigenvalue weighted by molar-refractivity contribution is 7.92. The zero-order valence-electron chi connectivity index (χ0n) is 17.5. The minimum Gasteiger partial charge on any atom is -0.338 e. The molecule has 0 spiro atoms. The third-order valence-electron chi connectivity index (χ3n) is 4.81. The number of benzene rings is 3. The fraction of sp³-hybridized carbons (Fsp3) is 0.0870. The second-order valence-corrected chi connectivity index (χ2v) is 8.89. The van der Waals surface area contributed by atoms with Gasteiger partial charge in [0.1, 0.15) is 17.7 Å². The van der Waals surface area contributed by atoms with Crippen LogP contribution in [0.2, 0.25) is 0 Å². The van der Waals surface area contributed by atoms with E-state index in [-0.39, 0.29) is 16.1 Å². The van der Waals surface area contributed by atoms with Crippen molar-refractivity contribution in [2.75, 3.05) is 4.72 Å². The molecule has 3 N–H and O–H groups in total. The van der Waals surface area contributed by atoms with E-state index in [1.54, 1.807) is 6.92 Å². The van der Waals surface area contributed by atoms with Gasteiger partial charge in [-0.2, -0.15) is 5.10 Å². The Labute approximate surface area is 190 Å². The Morgan fingerprint density at radius 3 is 2.42 bits per heavy atom. The Bertz CT molecular complexity index is 1390. The topological polar surface area (TPSA) is 117 Å². The lowest BCUT2D eigenvalue weighted by molar-refractivity contribution is 0.0941. The van der Waals surface area contributed by atoms with Crippen molar-refractivity contribution in [3.8, 4) is 0 Å². The molecule has 0 saturated carbocycles. The molecule has 0 aliphatic carbocycles. The van der Waals surface area contributed by atoms with Gasteiger partial charge in [0.05, 0.1) is 10.6 Å². The number of halogens is 1. The molecule has 4 rings (SSSR count). The molecule has 168 valence electrons. The van der Waals surface area contributed by atoms with Crippen LogP contribution >= 0.6 is 0 Å². The smallest absolute Gasteiger partial charge is 0.262 e. The van der Waals surface area contributed by atoms with Crippen molar-refractivity contribution in [3.63, 3.8) is 0 Å². The maximum atomic E-state index is 13.9. The van der Waals surface area contributed by atoms with Gasteiger partial charge in [-0.05, 0) is 42.8 Å². The van der Waals surface area contributed by atoms with Gasteiger partial charge in [0.15, 0.2) is 5.82 Å². The van der Waals surface area contributed by atoms with Crippen LogP contribution < -0.4 is 10.0 Å². The lowest BCUT2D eigenvalue weighted by Crippen LogP contribution is -2.30. The van der Waals surface area contributed by atoms with Crippen LogP contribution in [0.1, 0.15) is 33.6 Å². The highest BCUT2D eigenvalue weighted by Crippen LogP contribution is 2.22. The predicted octanol–water partition coefficient (Wildman–Crippen LogP) is 3.57. The number of amides is 1. The van der Waals surface area contributed by atoms with E-state index in [1.165, 1.54) is 42.5 Å². The lowest BCUT2D eigenvalue weighted by Gasteiger charge is -2.17. The summed E-state index contributed by atoms with van der Waals surface area (Å²) >= 11 is 0. The third kappa shape index (κ3) is 5.07.